The molecule has 0 radical (unpaired) electrons. The van der Waals surface area contributed by atoms with Crippen molar-refractivity contribution in [3.63, 3.8) is 0 Å². The number of nitrogens with zero attached hydrogens (tertiary/aromatic N) is 3. The number of benzene rings is 1. The summed E-state index contributed by atoms with van der Waals surface area (Å²) in [5.74, 6) is -0.498. The maximum Gasteiger partial charge on any atom is 0.340 e. The Kier molecular flexibility index (Phi) is 7.72. The lowest BCUT2D eigenvalue weighted by Crippen LogP contribution is -2.44. The second-order valence-electron chi connectivity index (χ2n) is 9.94. The molecule has 1 fully saturated rings. The zero-order valence-electron chi connectivity index (χ0n) is 22.3. The molecular weight excluding hydrogens is 478 g/mol. The van der Waals surface area contributed by atoms with Crippen LogP contribution in [0, 0.1) is 6.92 Å². The van der Waals surface area contributed by atoms with Crippen LogP contribution in [0.1, 0.15) is 46.2 Å². The van der Waals surface area contributed by atoms with E-state index in [0.717, 1.165) is 78.6 Å². The van der Waals surface area contributed by atoms with E-state index in [1.54, 1.807) is 6.20 Å². The first-order valence-electron chi connectivity index (χ1n) is 13.3. The number of hydrogen-bond donors (Lipinski definition) is 2. The van der Waals surface area contributed by atoms with Crippen molar-refractivity contribution < 1.29 is 14.3 Å². The highest BCUT2D eigenvalue weighted by molar-refractivity contribution is 6.36. The normalized spacial score (nSPS) is 17.0. The van der Waals surface area contributed by atoms with E-state index in [1.807, 2.05) is 56.3 Å². The Bertz CT molecular complexity index is 1350. The van der Waals surface area contributed by atoms with E-state index >= 15 is 0 Å². The Morgan fingerprint density at radius 3 is 2.68 bits per heavy atom. The van der Waals surface area contributed by atoms with Gasteiger partial charge in [0.05, 0.1) is 23.4 Å². The van der Waals surface area contributed by atoms with Crippen LogP contribution in [-0.2, 0) is 16.0 Å². The largest absolute Gasteiger partial charge is 0.462 e. The number of ether oxygens (including phenoxy) is 1. The number of anilines is 1. The lowest BCUT2D eigenvalue weighted by atomic mass is 9.95. The van der Waals surface area contributed by atoms with Crippen molar-refractivity contribution in [3.05, 3.63) is 70.7 Å². The van der Waals surface area contributed by atoms with Crippen LogP contribution in [0.2, 0.25) is 0 Å². The molecule has 8 heteroatoms. The van der Waals surface area contributed by atoms with E-state index < -0.39 is 0 Å². The van der Waals surface area contributed by atoms with Gasteiger partial charge in [-0.2, -0.15) is 0 Å². The molecule has 2 aliphatic heterocycles. The van der Waals surface area contributed by atoms with Gasteiger partial charge in [0.25, 0.3) is 5.91 Å². The van der Waals surface area contributed by atoms with Crippen molar-refractivity contribution in [2.75, 3.05) is 51.7 Å². The molecule has 8 nitrogen and oxygen atoms in total. The molecule has 3 aromatic rings. The van der Waals surface area contributed by atoms with E-state index in [0.29, 0.717) is 24.2 Å². The highest BCUT2D eigenvalue weighted by Gasteiger charge is 2.29. The predicted molar refractivity (Wildman–Crippen MR) is 150 cm³/mol. The fraction of sp³-hybridized carbons (Fsp3) is 0.367. The summed E-state index contributed by atoms with van der Waals surface area (Å²) in [5, 5.41) is 3.00. The molecule has 1 saturated heterocycles. The predicted octanol–water partition coefficient (Wildman–Crippen LogP) is 4.23. The van der Waals surface area contributed by atoms with Crippen LogP contribution < -0.4 is 5.32 Å². The van der Waals surface area contributed by atoms with Gasteiger partial charge in [0.15, 0.2) is 0 Å². The Morgan fingerprint density at radius 1 is 1.13 bits per heavy atom. The number of amides is 1. The molecule has 0 atom stereocenters. The monoisotopic (exact) mass is 513 g/mol. The van der Waals surface area contributed by atoms with Gasteiger partial charge < -0.3 is 24.8 Å². The fourth-order valence-corrected chi connectivity index (χ4v) is 5.38. The van der Waals surface area contributed by atoms with Crippen LogP contribution in [-0.4, -0.2) is 78.0 Å². The first-order valence-corrected chi connectivity index (χ1v) is 13.3. The minimum absolute atomic E-state index is 0.170. The van der Waals surface area contributed by atoms with Crippen LogP contribution in [0.5, 0.6) is 0 Å². The fourth-order valence-electron chi connectivity index (χ4n) is 5.38. The number of fused-ring (bicyclic) bond motifs is 1. The molecule has 2 aliphatic rings. The van der Waals surface area contributed by atoms with Crippen molar-refractivity contribution in [2.24, 2.45) is 0 Å². The Labute approximate surface area is 223 Å². The summed E-state index contributed by atoms with van der Waals surface area (Å²) in [4.78, 5) is 38.9. The number of aryl methyl sites for hydroxylation is 1. The molecule has 2 aromatic heterocycles. The summed E-state index contributed by atoms with van der Waals surface area (Å²) in [6, 6.07) is 11.6. The zero-order valence-corrected chi connectivity index (χ0v) is 22.3. The minimum Gasteiger partial charge on any atom is -0.462 e. The number of piperazine rings is 1. The standard InChI is InChI=1S/C30H35N5O3/c1-4-38-30(37)27-20(2)32-26(22(27)10-8-14-35-17-15-34(3)16-18-35)19-23-28-21(24-11-5-6-13-31-24)9-7-12-25(28)33-29(23)36/h5-7,9,11-13,19,32H,4,8,10,14-18H2,1-3H3,(H,33,36)/b23-19-. The number of carbonyl (C=O) groups is 2. The van der Waals surface area contributed by atoms with Crippen LogP contribution in [0.4, 0.5) is 5.69 Å². The Morgan fingerprint density at radius 2 is 1.95 bits per heavy atom. The minimum atomic E-state index is -0.328. The highest BCUT2D eigenvalue weighted by atomic mass is 16.5. The lowest BCUT2D eigenvalue weighted by Gasteiger charge is -2.32. The molecule has 0 saturated carbocycles. The molecule has 38 heavy (non-hydrogen) atoms. The van der Waals surface area contributed by atoms with Crippen molar-refractivity contribution in [3.8, 4) is 11.3 Å². The van der Waals surface area contributed by atoms with E-state index in [4.69, 9.17) is 4.74 Å². The van der Waals surface area contributed by atoms with Crippen LogP contribution in [0.3, 0.4) is 0 Å². The summed E-state index contributed by atoms with van der Waals surface area (Å²) >= 11 is 0. The van der Waals surface area contributed by atoms with Crippen LogP contribution in [0.15, 0.2) is 42.6 Å². The second kappa shape index (κ2) is 11.3. The van der Waals surface area contributed by atoms with Crippen molar-refractivity contribution in [1.29, 1.82) is 0 Å². The maximum absolute atomic E-state index is 13.2. The number of hydrogen-bond acceptors (Lipinski definition) is 6. The van der Waals surface area contributed by atoms with E-state index in [2.05, 4.69) is 32.1 Å². The van der Waals surface area contributed by atoms with Crippen LogP contribution in [0.25, 0.3) is 22.9 Å². The van der Waals surface area contributed by atoms with Gasteiger partial charge in [-0.05, 0) is 70.1 Å². The van der Waals surface area contributed by atoms with E-state index in [1.165, 1.54) is 0 Å². The van der Waals surface area contributed by atoms with Gasteiger partial charge >= 0.3 is 5.97 Å². The number of likely N-dealkylation sites (N-methyl/N-ethyl adjacent to an activating group) is 1. The number of esters is 1. The second-order valence-corrected chi connectivity index (χ2v) is 9.94. The van der Waals surface area contributed by atoms with Gasteiger partial charge in [0, 0.05) is 60.6 Å². The maximum atomic E-state index is 13.2. The SMILES string of the molecule is CCOC(=O)c1c(C)[nH]c(/C=C2\C(=O)Nc3cccc(-c4ccccn4)c32)c1CCCN1CCN(C)CC1. The van der Waals surface area contributed by atoms with Gasteiger partial charge in [-0.15, -0.1) is 0 Å². The number of nitrogens with one attached hydrogen (secondary N) is 2. The van der Waals surface area contributed by atoms with Gasteiger partial charge in [-0.25, -0.2) is 4.79 Å². The van der Waals surface area contributed by atoms with Crippen molar-refractivity contribution in [2.45, 2.75) is 26.7 Å². The molecule has 0 bridgehead atoms. The van der Waals surface area contributed by atoms with Gasteiger partial charge in [-0.1, -0.05) is 18.2 Å². The summed E-state index contributed by atoms with van der Waals surface area (Å²) in [5.41, 5.74) is 6.83. The highest BCUT2D eigenvalue weighted by Crippen LogP contribution is 2.40. The van der Waals surface area contributed by atoms with Gasteiger partial charge in [0.2, 0.25) is 0 Å². The molecule has 0 spiro atoms. The quantitative estimate of drug-likeness (QED) is 0.346. The molecule has 0 unspecified atom stereocenters. The smallest absolute Gasteiger partial charge is 0.340 e. The van der Waals surface area contributed by atoms with Crippen molar-refractivity contribution in [1.82, 2.24) is 19.8 Å². The Balaban J connectivity index is 1.51. The molecular formula is C30H35N5O3. The van der Waals surface area contributed by atoms with Gasteiger partial charge in [0.1, 0.15) is 0 Å². The average molecular weight is 514 g/mol. The topological polar surface area (TPSA) is 90.6 Å². The molecule has 1 amide bonds. The zero-order chi connectivity index (χ0) is 26.6. The summed E-state index contributed by atoms with van der Waals surface area (Å²) in [6.45, 7) is 9.22. The van der Waals surface area contributed by atoms with E-state index in [-0.39, 0.29) is 11.9 Å². The lowest BCUT2D eigenvalue weighted by molar-refractivity contribution is -0.110. The van der Waals surface area contributed by atoms with Crippen molar-refractivity contribution >= 4 is 29.2 Å². The first kappa shape index (κ1) is 25.9. The summed E-state index contributed by atoms with van der Waals surface area (Å²) in [6.07, 6.45) is 5.25. The third-order valence-electron chi connectivity index (χ3n) is 7.36. The number of aromatic amines is 1. The number of pyridine rings is 1. The van der Waals surface area contributed by atoms with Crippen LogP contribution >= 0.6 is 0 Å². The van der Waals surface area contributed by atoms with Gasteiger partial charge in [-0.3, -0.25) is 9.78 Å². The molecule has 198 valence electrons. The first-order chi connectivity index (χ1) is 18.5. The molecule has 2 N–H and O–H groups in total. The summed E-state index contributed by atoms with van der Waals surface area (Å²) < 4.78 is 5.41. The molecule has 1 aromatic carbocycles. The average Bonchev–Trinajstić information content (AvgIpc) is 3.41. The Hall–Kier alpha value is -3.75. The molecule has 4 heterocycles. The third kappa shape index (κ3) is 5.28. The number of H-pyrrole nitrogens is 1. The third-order valence-corrected chi connectivity index (χ3v) is 7.36. The number of rotatable bonds is 8. The number of aromatic nitrogens is 2. The number of carbonyl (C=O) groups excluding carboxylic acids is 2. The summed E-state index contributed by atoms with van der Waals surface area (Å²) in [7, 11) is 2.15. The van der Waals surface area contributed by atoms with E-state index in [9.17, 15) is 9.59 Å². The molecule has 0 aliphatic carbocycles. The molecule has 5 rings (SSSR count).